The lowest BCUT2D eigenvalue weighted by Gasteiger charge is -2.17. The van der Waals surface area contributed by atoms with Crippen molar-refractivity contribution in [3.63, 3.8) is 0 Å². The van der Waals surface area contributed by atoms with Crippen molar-refractivity contribution in [1.29, 1.82) is 0 Å². The van der Waals surface area contributed by atoms with Gasteiger partial charge >= 0.3 is 0 Å². The molecule has 0 saturated carbocycles. The van der Waals surface area contributed by atoms with Crippen LogP contribution in [0, 0.1) is 5.41 Å². The van der Waals surface area contributed by atoms with Crippen LogP contribution in [-0.4, -0.2) is 56.1 Å². The second-order valence-electron chi connectivity index (χ2n) is 7.79. The van der Waals surface area contributed by atoms with Crippen LogP contribution in [0.3, 0.4) is 0 Å². The SMILES string of the molecule is CC(=O)N1CC[C@@H](c2nn(CCNC(=O)C(C)(C)C)c3nccnc23)C1. The predicted molar refractivity (Wildman–Crippen MR) is 97.4 cm³/mol. The van der Waals surface area contributed by atoms with Gasteiger partial charge < -0.3 is 10.2 Å². The van der Waals surface area contributed by atoms with Crippen molar-refractivity contribution >= 4 is 23.0 Å². The zero-order chi connectivity index (χ0) is 18.9. The summed E-state index contributed by atoms with van der Waals surface area (Å²) >= 11 is 0. The Morgan fingerprint density at radius 2 is 2.00 bits per heavy atom. The third-order valence-corrected chi connectivity index (χ3v) is 4.71. The number of amides is 2. The van der Waals surface area contributed by atoms with E-state index in [1.165, 1.54) is 0 Å². The van der Waals surface area contributed by atoms with Crippen LogP contribution < -0.4 is 5.32 Å². The first kappa shape index (κ1) is 18.3. The van der Waals surface area contributed by atoms with Gasteiger partial charge in [0.25, 0.3) is 0 Å². The van der Waals surface area contributed by atoms with Gasteiger partial charge in [0, 0.05) is 50.3 Å². The first-order valence-corrected chi connectivity index (χ1v) is 8.98. The number of nitrogens with zero attached hydrogens (tertiary/aromatic N) is 5. The molecule has 1 fully saturated rings. The number of nitrogens with one attached hydrogen (secondary N) is 1. The molecule has 2 aromatic heterocycles. The third kappa shape index (κ3) is 3.68. The molecule has 1 aliphatic rings. The second kappa shape index (κ2) is 7.01. The van der Waals surface area contributed by atoms with Crippen LogP contribution in [0.25, 0.3) is 11.2 Å². The molecule has 140 valence electrons. The highest BCUT2D eigenvalue weighted by Gasteiger charge is 2.30. The van der Waals surface area contributed by atoms with Gasteiger partial charge in [0.15, 0.2) is 5.65 Å². The lowest BCUT2D eigenvalue weighted by molar-refractivity contribution is -0.128. The first-order valence-electron chi connectivity index (χ1n) is 8.98. The van der Waals surface area contributed by atoms with Gasteiger partial charge in [0.1, 0.15) is 5.52 Å². The second-order valence-corrected chi connectivity index (χ2v) is 7.79. The summed E-state index contributed by atoms with van der Waals surface area (Å²) in [6, 6.07) is 0. The van der Waals surface area contributed by atoms with E-state index >= 15 is 0 Å². The van der Waals surface area contributed by atoms with Gasteiger partial charge in [-0.05, 0) is 6.42 Å². The average molecular weight is 358 g/mol. The number of fused-ring (bicyclic) bond motifs is 1. The Morgan fingerprint density at radius 1 is 1.27 bits per heavy atom. The van der Waals surface area contributed by atoms with Crippen LogP contribution >= 0.6 is 0 Å². The molecule has 1 saturated heterocycles. The van der Waals surface area contributed by atoms with Crippen molar-refractivity contribution < 1.29 is 9.59 Å². The first-order chi connectivity index (χ1) is 12.3. The molecule has 1 atom stereocenters. The number of hydrogen-bond acceptors (Lipinski definition) is 5. The zero-order valence-electron chi connectivity index (χ0n) is 15.8. The van der Waals surface area contributed by atoms with Crippen molar-refractivity contribution in [3.8, 4) is 0 Å². The van der Waals surface area contributed by atoms with Crippen LogP contribution in [0.2, 0.25) is 0 Å². The van der Waals surface area contributed by atoms with Gasteiger partial charge in [0.2, 0.25) is 11.8 Å². The van der Waals surface area contributed by atoms with E-state index in [1.807, 2.05) is 25.7 Å². The summed E-state index contributed by atoms with van der Waals surface area (Å²) in [5.74, 6) is 0.267. The van der Waals surface area contributed by atoms with E-state index in [4.69, 9.17) is 5.10 Å². The molecule has 0 bridgehead atoms. The quantitative estimate of drug-likeness (QED) is 0.890. The molecular weight excluding hydrogens is 332 g/mol. The summed E-state index contributed by atoms with van der Waals surface area (Å²) in [6.07, 6.45) is 4.19. The van der Waals surface area contributed by atoms with Crippen molar-refractivity contribution in [2.75, 3.05) is 19.6 Å². The third-order valence-electron chi connectivity index (χ3n) is 4.71. The Morgan fingerprint density at radius 3 is 2.65 bits per heavy atom. The molecule has 8 heteroatoms. The molecular formula is C18H26N6O2. The summed E-state index contributed by atoms with van der Waals surface area (Å²) in [5.41, 5.74) is 1.97. The van der Waals surface area contributed by atoms with Crippen molar-refractivity contribution in [2.45, 2.75) is 46.6 Å². The Labute approximate surface area is 153 Å². The molecule has 0 unspecified atom stereocenters. The maximum atomic E-state index is 12.0. The molecule has 3 heterocycles. The summed E-state index contributed by atoms with van der Waals surface area (Å²) < 4.78 is 1.80. The number of hydrogen-bond donors (Lipinski definition) is 1. The van der Waals surface area contributed by atoms with E-state index in [2.05, 4.69) is 15.3 Å². The molecule has 2 aromatic rings. The van der Waals surface area contributed by atoms with Crippen LogP contribution in [0.5, 0.6) is 0 Å². The summed E-state index contributed by atoms with van der Waals surface area (Å²) in [5, 5.41) is 7.66. The predicted octanol–water partition coefficient (Wildman–Crippen LogP) is 1.32. The highest BCUT2D eigenvalue weighted by Crippen LogP contribution is 2.30. The van der Waals surface area contributed by atoms with Gasteiger partial charge in [0.05, 0.1) is 12.2 Å². The normalized spacial score (nSPS) is 17.7. The van der Waals surface area contributed by atoms with Crippen molar-refractivity contribution in [2.24, 2.45) is 5.41 Å². The Kier molecular flexibility index (Phi) is 4.93. The average Bonchev–Trinajstić information content (AvgIpc) is 3.19. The Hall–Kier alpha value is -2.51. The molecule has 1 N–H and O–H groups in total. The molecule has 0 radical (unpaired) electrons. The number of likely N-dealkylation sites (tertiary alicyclic amines) is 1. The fourth-order valence-electron chi connectivity index (χ4n) is 3.17. The monoisotopic (exact) mass is 358 g/mol. The van der Waals surface area contributed by atoms with Gasteiger partial charge in [-0.1, -0.05) is 20.8 Å². The highest BCUT2D eigenvalue weighted by molar-refractivity contribution is 5.81. The lowest BCUT2D eigenvalue weighted by atomic mass is 9.96. The molecule has 0 aliphatic carbocycles. The summed E-state index contributed by atoms with van der Waals surface area (Å²) in [4.78, 5) is 34.4. The number of carbonyl (C=O) groups is 2. The maximum Gasteiger partial charge on any atom is 0.225 e. The van der Waals surface area contributed by atoms with E-state index in [9.17, 15) is 9.59 Å². The van der Waals surface area contributed by atoms with Crippen LogP contribution in [0.1, 0.15) is 45.7 Å². The van der Waals surface area contributed by atoms with Crippen LogP contribution in [0.15, 0.2) is 12.4 Å². The van der Waals surface area contributed by atoms with E-state index in [0.29, 0.717) is 25.3 Å². The van der Waals surface area contributed by atoms with Crippen molar-refractivity contribution in [3.05, 3.63) is 18.1 Å². The van der Waals surface area contributed by atoms with E-state index in [-0.39, 0.29) is 17.7 Å². The van der Waals surface area contributed by atoms with E-state index < -0.39 is 5.41 Å². The number of aromatic nitrogens is 4. The lowest BCUT2D eigenvalue weighted by Crippen LogP contribution is -2.36. The Balaban J connectivity index is 1.78. The molecule has 1 aliphatic heterocycles. The topological polar surface area (TPSA) is 93.0 Å². The van der Waals surface area contributed by atoms with Gasteiger partial charge in [-0.15, -0.1) is 0 Å². The molecule has 2 amide bonds. The van der Waals surface area contributed by atoms with Crippen LogP contribution in [-0.2, 0) is 16.1 Å². The summed E-state index contributed by atoms with van der Waals surface area (Å²) in [7, 11) is 0. The number of carbonyl (C=O) groups excluding carboxylic acids is 2. The van der Waals surface area contributed by atoms with Crippen LogP contribution in [0.4, 0.5) is 0 Å². The fraction of sp³-hybridized carbons (Fsp3) is 0.611. The standard InChI is InChI=1S/C18H26N6O2/c1-12(25)23-9-5-13(11-23)14-15-16(20-7-6-19-15)24(22-14)10-8-21-17(26)18(2,3)4/h6-7,13H,5,8-11H2,1-4H3,(H,21,26)/t13-/m1/s1. The molecule has 26 heavy (non-hydrogen) atoms. The number of rotatable bonds is 4. The zero-order valence-corrected chi connectivity index (χ0v) is 15.8. The minimum Gasteiger partial charge on any atom is -0.354 e. The minimum atomic E-state index is -0.419. The highest BCUT2D eigenvalue weighted by atomic mass is 16.2. The largest absolute Gasteiger partial charge is 0.354 e. The molecule has 8 nitrogen and oxygen atoms in total. The molecule has 3 rings (SSSR count). The van der Waals surface area contributed by atoms with Crippen molar-refractivity contribution in [1.82, 2.24) is 30.0 Å². The molecule has 0 spiro atoms. The smallest absolute Gasteiger partial charge is 0.225 e. The maximum absolute atomic E-state index is 12.0. The van der Waals surface area contributed by atoms with E-state index in [0.717, 1.165) is 24.2 Å². The molecule has 0 aromatic carbocycles. The van der Waals surface area contributed by atoms with Gasteiger partial charge in [-0.3, -0.25) is 9.59 Å². The summed E-state index contributed by atoms with van der Waals surface area (Å²) in [6.45, 7) is 9.67. The van der Waals surface area contributed by atoms with Gasteiger partial charge in [-0.25, -0.2) is 14.6 Å². The Bertz CT molecular complexity index is 823. The van der Waals surface area contributed by atoms with E-state index in [1.54, 1.807) is 24.0 Å². The minimum absolute atomic E-state index is 0.00756. The fourth-order valence-corrected chi connectivity index (χ4v) is 3.17. The van der Waals surface area contributed by atoms with Gasteiger partial charge in [-0.2, -0.15) is 5.10 Å².